The van der Waals surface area contributed by atoms with Gasteiger partial charge in [-0.1, -0.05) is 0 Å². The summed E-state index contributed by atoms with van der Waals surface area (Å²) in [7, 11) is 1.89. The van der Waals surface area contributed by atoms with Crippen LogP contribution in [0.4, 0.5) is 0 Å². The zero-order valence-corrected chi connectivity index (χ0v) is 10.4. The van der Waals surface area contributed by atoms with Crippen LogP contribution in [0.25, 0.3) is 0 Å². The van der Waals surface area contributed by atoms with Gasteiger partial charge in [-0.25, -0.2) is 4.98 Å². The Bertz CT molecular complexity index is 471. The number of amides is 2. The Morgan fingerprint density at radius 2 is 2.22 bits per heavy atom. The molecule has 0 aliphatic carbocycles. The van der Waals surface area contributed by atoms with E-state index in [1.54, 1.807) is 6.92 Å². The van der Waals surface area contributed by atoms with Crippen molar-refractivity contribution in [2.45, 2.75) is 13.0 Å². The van der Waals surface area contributed by atoms with Gasteiger partial charge in [0.25, 0.3) is 5.91 Å². The second kappa shape index (κ2) is 4.77. The van der Waals surface area contributed by atoms with Crippen molar-refractivity contribution < 1.29 is 14.0 Å². The zero-order chi connectivity index (χ0) is 13.3. The highest BCUT2D eigenvalue weighted by Crippen LogP contribution is 2.13. The third kappa shape index (κ3) is 2.35. The van der Waals surface area contributed by atoms with Gasteiger partial charge in [0.2, 0.25) is 5.91 Å². The van der Waals surface area contributed by atoms with Gasteiger partial charge in [-0.3, -0.25) is 9.59 Å². The molecule has 1 atom stereocenters. The van der Waals surface area contributed by atoms with E-state index in [2.05, 4.69) is 4.98 Å². The number of carbonyl (C=O) groups is 2. The number of hydrogen-bond donors (Lipinski definition) is 1. The highest BCUT2D eigenvalue weighted by atomic mass is 16.3. The maximum atomic E-state index is 12.2. The minimum absolute atomic E-state index is 0.211. The Labute approximate surface area is 105 Å². The van der Waals surface area contributed by atoms with E-state index in [1.165, 1.54) is 11.2 Å². The second-order valence-corrected chi connectivity index (χ2v) is 4.43. The highest BCUT2D eigenvalue weighted by Gasteiger charge is 2.34. The number of likely N-dealkylation sites (N-methyl/N-ethyl adjacent to an activating group) is 1. The molecule has 0 saturated carbocycles. The second-order valence-electron chi connectivity index (χ2n) is 4.43. The standard InChI is InChI=1S/C11H16N4O3/c1-7-13-8(6-18-7)11(17)15-4-3-14(2)5-9(15)10(12)16/h6,9H,3-5H2,1-2H3,(H2,12,16)/t9-/m1/s1. The minimum Gasteiger partial charge on any atom is -0.448 e. The summed E-state index contributed by atoms with van der Waals surface area (Å²) in [5.41, 5.74) is 5.55. The third-order valence-corrected chi connectivity index (χ3v) is 3.01. The molecule has 1 aliphatic heterocycles. The maximum Gasteiger partial charge on any atom is 0.276 e. The number of oxazole rings is 1. The summed E-state index contributed by atoms with van der Waals surface area (Å²) >= 11 is 0. The Morgan fingerprint density at radius 3 is 2.78 bits per heavy atom. The maximum absolute atomic E-state index is 12.2. The van der Waals surface area contributed by atoms with E-state index < -0.39 is 11.9 Å². The van der Waals surface area contributed by atoms with Crippen LogP contribution in [-0.4, -0.2) is 59.3 Å². The van der Waals surface area contributed by atoms with Crippen LogP contribution >= 0.6 is 0 Å². The zero-order valence-electron chi connectivity index (χ0n) is 10.4. The fourth-order valence-electron chi connectivity index (χ4n) is 2.01. The van der Waals surface area contributed by atoms with E-state index in [0.717, 1.165) is 0 Å². The number of hydrogen-bond acceptors (Lipinski definition) is 5. The van der Waals surface area contributed by atoms with E-state index in [0.29, 0.717) is 25.5 Å². The Morgan fingerprint density at radius 1 is 1.50 bits per heavy atom. The van der Waals surface area contributed by atoms with Gasteiger partial charge in [0.05, 0.1) is 0 Å². The van der Waals surface area contributed by atoms with Gasteiger partial charge >= 0.3 is 0 Å². The highest BCUT2D eigenvalue weighted by molar-refractivity contribution is 5.95. The lowest BCUT2D eigenvalue weighted by atomic mass is 10.1. The Kier molecular flexibility index (Phi) is 3.33. The fraction of sp³-hybridized carbons (Fsp3) is 0.545. The smallest absolute Gasteiger partial charge is 0.276 e. The number of nitrogens with two attached hydrogens (primary N) is 1. The molecule has 7 heteroatoms. The third-order valence-electron chi connectivity index (χ3n) is 3.01. The number of primary amides is 1. The Balaban J connectivity index is 2.20. The van der Waals surface area contributed by atoms with E-state index in [-0.39, 0.29) is 11.6 Å². The summed E-state index contributed by atoms with van der Waals surface area (Å²) in [6, 6.07) is -0.617. The first-order chi connectivity index (χ1) is 8.49. The van der Waals surface area contributed by atoms with E-state index in [4.69, 9.17) is 10.2 Å². The van der Waals surface area contributed by atoms with Crippen LogP contribution in [0, 0.1) is 6.92 Å². The van der Waals surface area contributed by atoms with Crippen molar-refractivity contribution >= 4 is 11.8 Å². The summed E-state index contributed by atoms with van der Waals surface area (Å²) in [5, 5.41) is 0. The van der Waals surface area contributed by atoms with Crippen molar-refractivity contribution in [2.24, 2.45) is 5.73 Å². The predicted octanol–water partition coefficient (Wildman–Crippen LogP) is -0.775. The predicted molar refractivity (Wildman–Crippen MR) is 62.8 cm³/mol. The molecule has 1 fully saturated rings. The molecule has 2 rings (SSSR count). The molecule has 0 unspecified atom stereocenters. The van der Waals surface area contributed by atoms with Gasteiger partial charge in [0.1, 0.15) is 12.3 Å². The van der Waals surface area contributed by atoms with Crippen LogP contribution < -0.4 is 5.73 Å². The molecule has 0 radical (unpaired) electrons. The minimum atomic E-state index is -0.617. The molecule has 0 bridgehead atoms. The van der Waals surface area contributed by atoms with E-state index >= 15 is 0 Å². The van der Waals surface area contributed by atoms with Crippen LogP contribution in [0.1, 0.15) is 16.4 Å². The molecular weight excluding hydrogens is 236 g/mol. The molecule has 0 spiro atoms. The number of piperazine rings is 1. The normalized spacial score (nSPS) is 21.0. The molecule has 18 heavy (non-hydrogen) atoms. The molecule has 1 aromatic rings. The van der Waals surface area contributed by atoms with Gasteiger partial charge in [0.15, 0.2) is 11.6 Å². The lowest BCUT2D eigenvalue weighted by molar-refractivity contribution is -0.124. The molecule has 2 heterocycles. The van der Waals surface area contributed by atoms with Gasteiger partial charge < -0.3 is 20.0 Å². The summed E-state index contributed by atoms with van der Waals surface area (Å²) < 4.78 is 5.01. The summed E-state index contributed by atoms with van der Waals surface area (Å²) in [5.74, 6) is -0.401. The van der Waals surface area contributed by atoms with Crippen molar-refractivity contribution in [3.63, 3.8) is 0 Å². The lowest BCUT2D eigenvalue weighted by Crippen LogP contribution is -2.59. The SMILES string of the molecule is Cc1nc(C(=O)N2CCN(C)C[C@@H]2C(N)=O)co1. The molecule has 0 aromatic carbocycles. The molecule has 1 aliphatic rings. The van der Waals surface area contributed by atoms with Crippen molar-refractivity contribution in [1.82, 2.24) is 14.8 Å². The number of rotatable bonds is 2. The molecular formula is C11H16N4O3. The summed E-state index contributed by atoms with van der Waals surface area (Å²) in [6.45, 7) is 3.26. The number of aryl methyl sites for hydroxylation is 1. The molecule has 7 nitrogen and oxygen atoms in total. The first-order valence-corrected chi connectivity index (χ1v) is 5.70. The average Bonchev–Trinajstić information content (AvgIpc) is 2.75. The van der Waals surface area contributed by atoms with Crippen LogP contribution in [0.2, 0.25) is 0 Å². The summed E-state index contributed by atoms with van der Waals surface area (Å²) in [6.07, 6.45) is 1.30. The fourth-order valence-corrected chi connectivity index (χ4v) is 2.01. The van der Waals surface area contributed by atoms with Crippen LogP contribution in [-0.2, 0) is 4.79 Å². The van der Waals surface area contributed by atoms with Gasteiger partial charge in [-0.2, -0.15) is 0 Å². The monoisotopic (exact) mass is 252 g/mol. The average molecular weight is 252 g/mol. The molecule has 2 amide bonds. The quantitative estimate of drug-likeness (QED) is 0.745. The number of nitrogens with zero attached hydrogens (tertiary/aromatic N) is 3. The van der Waals surface area contributed by atoms with Gasteiger partial charge in [-0.15, -0.1) is 0 Å². The van der Waals surface area contributed by atoms with Crippen LogP contribution in [0.15, 0.2) is 10.7 Å². The molecule has 1 saturated heterocycles. The summed E-state index contributed by atoms with van der Waals surface area (Å²) in [4.78, 5) is 31.0. The largest absolute Gasteiger partial charge is 0.448 e. The first-order valence-electron chi connectivity index (χ1n) is 5.70. The molecule has 98 valence electrons. The van der Waals surface area contributed by atoms with Crippen molar-refractivity contribution in [3.05, 3.63) is 17.8 Å². The number of carbonyl (C=O) groups excluding carboxylic acids is 2. The van der Waals surface area contributed by atoms with Crippen molar-refractivity contribution in [1.29, 1.82) is 0 Å². The van der Waals surface area contributed by atoms with Gasteiger partial charge in [0, 0.05) is 26.6 Å². The van der Waals surface area contributed by atoms with E-state index in [9.17, 15) is 9.59 Å². The van der Waals surface area contributed by atoms with Crippen LogP contribution in [0.5, 0.6) is 0 Å². The van der Waals surface area contributed by atoms with Crippen LogP contribution in [0.3, 0.4) is 0 Å². The Hall–Kier alpha value is -1.89. The van der Waals surface area contributed by atoms with Gasteiger partial charge in [-0.05, 0) is 7.05 Å². The van der Waals surface area contributed by atoms with Crippen molar-refractivity contribution in [2.75, 3.05) is 26.7 Å². The first kappa shape index (κ1) is 12.6. The molecule has 2 N–H and O–H groups in total. The lowest BCUT2D eigenvalue weighted by Gasteiger charge is -2.37. The topological polar surface area (TPSA) is 92.7 Å². The van der Waals surface area contributed by atoms with E-state index in [1.807, 2.05) is 11.9 Å². The number of aromatic nitrogens is 1. The van der Waals surface area contributed by atoms with Crippen molar-refractivity contribution in [3.8, 4) is 0 Å². The molecule has 1 aromatic heterocycles.